The van der Waals surface area contributed by atoms with Crippen molar-refractivity contribution in [2.24, 2.45) is 7.05 Å². The summed E-state index contributed by atoms with van der Waals surface area (Å²) in [6.07, 6.45) is 0.165. The molecule has 0 radical (unpaired) electrons. The molecule has 25 heavy (non-hydrogen) atoms. The van der Waals surface area contributed by atoms with Crippen LogP contribution in [0.3, 0.4) is 0 Å². The number of nitrogens with zero attached hydrogens (tertiary/aromatic N) is 4. The number of hydrogen-bond donors (Lipinski definition) is 1. The van der Waals surface area contributed by atoms with Crippen LogP contribution < -0.4 is 5.32 Å². The highest BCUT2D eigenvalue weighted by atomic mass is 16.2. The molecule has 0 bridgehead atoms. The van der Waals surface area contributed by atoms with Crippen LogP contribution in [0.4, 0.5) is 5.82 Å². The van der Waals surface area contributed by atoms with Gasteiger partial charge in [0.1, 0.15) is 5.82 Å². The Bertz CT molecular complexity index is 834. The number of nitrogens with one attached hydrogen (secondary N) is 1. The van der Waals surface area contributed by atoms with Crippen LogP contribution in [0.15, 0.2) is 30.3 Å². The van der Waals surface area contributed by atoms with Crippen LogP contribution in [-0.4, -0.2) is 39.6 Å². The van der Waals surface area contributed by atoms with E-state index >= 15 is 0 Å². The molecule has 130 valence electrons. The highest BCUT2D eigenvalue weighted by molar-refractivity contribution is 6.39. The van der Waals surface area contributed by atoms with Crippen LogP contribution in [0.1, 0.15) is 18.9 Å². The average Bonchev–Trinajstić information content (AvgIpc) is 2.94. The van der Waals surface area contributed by atoms with E-state index in [1.165, 1.54) is 16.6 Å². The molecule has 7 heteroatoms. The van der Waals surface area contributed by atoms with Gasteiger partial charge in [-0.2, -0.15) is 10.4 Å². The molecule has 0 fully saturated rings. The molecule has 1 atom stereocenters. The summed E-state index contributed by atoms with van der Waals surface area (Å²) in [5, 5.41) is 15.7. The maximum absolute atomic E-state index is 12.2. The number of hydrogen-bond acceptors (Lipinski definition) is 4. The summed E-state index contributed by atoms with van der Waals surface area (Å²) in [6, 6.07) is 11.2. The number of carbonyl (C=O) groups excluding carboxylic acids is 2. The molecule has 7 nitrogen and oxygen atoms in total. The normalized spacial score (nSPS) is 11.5. The van der Waals surface area contributed by atoms with Crippen molar-refractivity contribution in [2.45, 2.75) is 26.3 Å². The van der Waals surface area contributed by atoms with Crippen molar-refractivity contribution in [3.05, 3.63) is 35.9 Å². The third-order valence-electron chi connectivity index (χ3n) is 4.10. The number of benzene rings is 1. The smallest absolute Gasteiger partial charge is 0.315 e. The lowest BCUT2D eigenvalue weighted by molar-refractivity contribution is -0.143. The van der Waals surface area contributed by atoms with Crippen molar-refractivity contribution in [3.8, 4) is 17.3 Å². The minimum atomic E-state index is -0.758. The zero-order valence-corrected chi connectivity index (χ0v) is 14.8. The van der Waals surface area contributed by atoms with E-state index in [1.807, 2.05) is 37.3 Å². The second kappa shape index (κ2) is 7.62. The van der Waals surface area contributed by atoms with E-state index in [9.17, 15) is 9.59 Å². The molecule has 0 saturated carbocycles. The molecule has 1 N–H and O–H groups in total. The Labute approximate surface area is 146 Å². The molecule has 0 aliphatic rings. The largest absolute Gasteiger partial charge is 0.334 e. The fourth-order valence-corrected chi connectivity index (χ4v) is 2.38. The summed E-state index contributed by atoms with van der Waals surface area (Å²) >= 11 is 0. The SMILES string of the molecule is Cc1ccccc1-c1cc(NC(=O)C(=O)N(C)C(C)CC#N)n(C)n1. The van der Waals surface area contributed by atoms with Gasteiger partial charge in [0.05, 0.1) is 18.2 Å². The zero-order valence-electron chi connectivity index (χ0n) is 14.8. The van der Waals surface area contributed by atoms with E-state index in [4.69, 9.17) is 5.26 Å². The number of nitriles is 1. The van der Waals surface area contributed by atoms with Crippen LogP contribution in [0, 0.1) is 18.3 Å². The molecule has 2 aromatic rings. The molecular weight excluding hydrogens is 318 g/mol. The molecule has 2 rings (SSSR count). The van der Waals surface area contributed by atoms with Crippen LogP contribution in [0.5, 0.6) is 0 Å². The van der Waals surface area contributed by atoms with Crippen LogP contribution in [-0.2, 0) is 16.6 Å². The fraction of sp³-hybridized carbons (Fsp3) is 0.333. The van der Waals surface area contributed by atoms with Gasteiger partial charge in [0.15, 0.2) is 0 Å². The van der Waals surface area contributed by atoms with E-state index in [2.05, 4.69) is 10.4 Å². The number of anilines is 1. The quantitative estimate of drug-likeness (QED) is 0.864. The van der Waals surface area contributed by atoms with Crippen molar-refractivity contribution < 1.29 is 9.59 Å². The van der Waals surface area contributed by atoms with Gasteiger partial charge in [0.25, 0.3) is 0 Å². The van der Waals surface area contributed by atoms with E-state index in [0.29, 0.717) is 5.82 Å². The first-order valence-electron chi connectivity index (χ1n) is 7.90. The molecule has 1 unspecified atom stereocenters. The van der Waals surface area contributed by atoms with Gasteiger partial charge in [-0.1, -0.05) is 24.3 Å². The van der Waals surface area contributed by atoms with E-state index in [1.54, 1.807) is 20.0 Å². The number of carbonyl (C=O) groups is 2. The van der Waals surface area contributed by atoms with Crippen molar-refractivity contribution in [3.63, 3.8) is 0 Å². The molecule has 0 saturated heterocycles. The fourth-order valence-electron chi connectivity index (χ4n) is 2.38. The number of aryl methyl sites for hydroxylation is 2. The number of rotatable bonds is 4. The van der Waals surface area contributed by atoms with Gasteiger partial charge >= 0.3 is 11.8 Å². The summed E-state index contributed by atoms with van der Waals surface area (Å²) in [6.45, 7) is 3.70. The third-order valence-corrected chi connectivity index (χ3v) is 4.10. The molecule has 2 amide bonds. The van der Waals surface area contributed by atoms with Gasteiger partial charge in [-0.05, 0) is 19.4 Å². The molecule has 1 heterocycles. The molecule has 0 aliphatic carbocycles. The minimum Gasteiger partial charge on any atom is -0.334 e. The van der Waals surface area contributed by atoms with Crippen LogP contribution in [0.2, 0.25) is 0 Å². The topological polar surface area (TPSA) is 91.0 Å². The summed E-state index contributed by atoms with van der Waals surface area (Å²) in [4.78, 5) is 25.6. The van der Waals surface area contributed by atoms with E-state index in [0.717, 1.165) is 16.8 Å². The number of amides is 2. The standard InChI is InChI=1S/C18H21N5O2/c1-12-7-5-6-8-14(12)15-11-16(23(4)21-15)20-17(24)18(25)22(3)13(2)9-10-19/h5-8,11,13H,9H2,1-4H3,(H,20,24). The van der Waals surface area contributed by atoms with Crippen molar-refractivity contribution in [1.82, 2.24) is 14.7 Å². The highest BCUT2D eigenvalue weighted by Crippen LogP contribution is 2.24. The Kier molecular flexibility index (Phi) is 5.55. The van der Waals surface area contributed by atoms with Gasteiger partial charge < -0.3 is 10.2 Å². The highest BCUT2D eigenvalue weighted by Gasteiger charge is 2.24. The second-order valence-corrected chi connectivity index (χ2v) is 5.93. The first-order chi connectivity index (χ1) is 11.8. The van der Waals surface area contributed by atoms with Crippen molar-refractivity contribution in [1.29, 1.82) is 5.26 Å². The predicted molar refractivity (Wildman–Crippen MR) is 94.5 cm³/mol. The minimum absolute atomic E-state index is 0.165. The maximum atomic E-state index is 12.2. The van der Waals surface area contributed by atoms with Gasteiger partial charge in [0.2, 0.25) is 0 Å². The summed E-state index contributed by atoms with van der Waals surface area (Å²) < 4.78 is 1.52. The van der Waals surface area contributed by atoms with Crippen molar-refractivity contribution >= 4 is 17.6 Å². The van der Waals surface area contributed by atoms with Crippen LogP contribution >= 0.6 is 0 Å². The molecule has 0 aliphatic heterocycles. The Morgan fingerprint density at radius 2 is 2.08 bits per heavy atom. The lowest BCUT2D eigenvalue weighted by Gasteiger charge is -2.22. The van der Waals surface area contributed by atoms with Gasteiger partial charge in [0, 0.05) is 31.8 Å². The number of likely N-dealkylation sites (N-methyl/N-ethyl adjacent to an activating group) is 1. The third kappa shape index (κ3) is 4.04. The molecular formula is C18H21N5O2. The Balaban J connectivity index is 2.16. The summed E-state index contributed by atoms with van der Waals surface area (Å²) in [5.74, 6) is -1.02. The lowest BCUT2D eigenvalue weighted by atomic mass is 10.1. The Morgan fingerprint density at radius 1 is 1.40 bits per heavy atom. The van der Waals surface area contributed by atoms with E-state index < -0.39 is 11.8 Å². The lowest BCUT2D eigenvalue weighted by Crippen LogP contribution is -2.42. The monoisotopic (exact) mass is 339 g/mol. The number of aromatic nitrogens is 2. The van der Waals surface area contributed by atoms with E-state index in [-0.39, 0.29) is 12.5 Å². The Morgan fingerprint density at radius 3 is 2.72 bits per heavy atom. The molecule has 0 spiro atoms. The summed E-state index contributed by atoms with van der Waals surface area (Å²) in [7, 11) is 3.20. The van der Waals surface area contributed by atoms with Gasteiger partial charge in [-0.15, -0.1) is 0 Å². The van der Waals surface area contributed by atoms with Gasteiger partial charge in [-0.25, -0.2) is 0 Å². The van der Waals surface area contributed by atoms with Crippen LogP contribution in [0.25, 0.3) is 11.3 Å². The molecule has 1 aromatic carbocycles. The van der Waals surface area contributed by atoms with Crippen molar-refractivity contribution in [2.75, 3.05) is 12.4 Å². The second-order valence-electron chi connectivity index (χ2n) is 5.93. The van der Waals surface area contributed by atoms with Gasteiger partial charge in [-0.3, -0.25) is 14.3 Å². The predicted octanol–water partition coefficient (Wildman–Crippen LogP) is 2.09. The summed E-state index contributed by atoms with van der Waals surface area (Å²) in [5.41, 5.74) is 2.75. The first-order valence-corrected chi connectivity index (χ1v) is 7.90. The zero-order chi connectivity index (χ0) is 18.6. The maximum Gasteiger partial charge on any atom is 0.315 e. The first kappa shape index (κ1) is 18.2. The molecule has 1 aromatic heterocycles. The Hall–Kier alpha value is -3.14. The average molecular weight is 339 g/mol.